The van der Waals surface area contributed by atoms with E-state index in [0.29, 0.717) is 0 Å². The van der Waals surface area contributed by atoms with Crippen molar-refractivity contribution in [3.8, 4) is 11.3 Å². The van der Waals surface area contributed by atoms with E-state index >= 15 is 0 Å². The van der Waals surface area contributed by atoms with E-state index < -0.39 is 11.8 Å². The number of nitrogens with zero attached hydrogens (tertiary/aromatic N) is 2. The third-order valence-corrected chi connectivity index (χ3v) is 8.70. The quantitative estimate of drug-likeness (QED) is 0.110. The van der Waals surface area contributed by atoms with Crippen molar-refractivity contribution >= 4 is 27.5 Å². The summed E-state index contributed by atoms with van der Waals surface area (Å²) >= 11 is 0. The summed E-state index contributed by atoms with van der Waals surface area (Å²) < 4.78 is 17.7. The zero-order chi connectivity index (χ0) is 33.3. The second-order valence-corrected chi connectivity index (χ2v) is 13.3. The number of aliphatic hydroxyl groups excluding tert-OH is 1. The molecule has 1 aliphatic rings. The van der Waals surface area contributed by atoms with Crippen LogP contribution in [0.5, 0.6) is 0 Å². The molecule has 0 saturated carbocycles. The molecule has 44 heavy (non-hydrogen) atoms. The maximum absolute atomic E-state index is 11.7. The summed E-state index contributed by atoms with van der Waals surface area (Å²) in [5.74, 6) is 0.547. The van der Waals surface area contributed by atoms with Crippen LogP contribution < -0.4 is 0 Å². The molecule has 5 rings (SSSR count). The summed E-state index contributed by atoms with van der Waals surface area (Å²) in [6, 6.07) is 15.8. The van der Waals surface area contributed by atoms with Crippen LogP contribution in [0.15, 0.2) is 60.6 Å². The van der Waals surface area contributed by atoms with E-state index in [-0.39, 0.29) is 48.9 Å². The molecule has 1 N–H and O–H groups in total. The zero-order valence-corrected chi connectivity index (χ0v) is 30.2. The van der Waals surface area contributed by atoms with Crippen LogP contribution in [-0.2, 0) is 36.7 Å². The van der Waals surface area contributed by atoms with E-state index in [9.17, 15) is 9.90 Å². The Morgan fingerprint density at radius 3 is 2.23 bits per heavy atom. The first-order chi connectivity index (χ1) is 21.1. The molecule has 0 atom stereocenters. The van der Waals surface area contributed by atoms with Gasteiger partial charge in [0.25, 0.3) is 0 Å². The maximum Gasteiger partial charge on any atom is 0.162 e. The average molecular weight is 772 g/mol. The van der Waals surface area contributed by atoms with Gasteiger partial charge >= 0.3 is 0 Å². The van der Waals surface area contributed by atoms with Crippen LogP contribution in [0.3, 0.4) is 0 Å². The smallest absolute Gasteiger partial charge is 0.162 e. The first-order valence-electron chi connectivity index (χ1n) is 16.8. The van der Waals surface area contributed by atoms with Crippen molar-refractivity contribution in [1.29, 1.82) is 0 Å². The van der Waals surface area contributed by atoms with Crippen LogP contribution in [0.4, 0.5) is 0 Å². The van der Waals surface area contributed by atoms with Gasteiger partial charge in [-0.1, -0.05) is 92.0 Å². The summed E-state index contributed by atoms with van der Waals surface area (Å²) in [7, 11) is 0. The monoisotopic (exact) mass is 772 g/mol. The minimum Gasteiger partial charge on any atom is -0.512 e. The van der Waals surface area contributed by atoms with Gasteiger partial charge in [-0.3, -0.25) is 9.78 Å². The molecule has 0 aliphatic heterocycles. The Morgan fingerprint density at radius 2 is 1.61 bits per heavy atom. The fourth-order valence-corrected chi connectivity index (χ4v) is 6.16. The van der Waals surface area contributed by atoms with Gasteiger partial charge in [-0.15, -0.1) is 23.3 Å². The third kappa shape index (κ3) is 7.49. The van der Waals surface area contributed by atoms with Crippen LogP contribution >= 0.6 is 0 Å². The van der Waals surface area contributed by atoms with Gasteiger partial charge < -0.3 is 10.1 Å². The van der Waals surface area contributed by atoms with Gasteiger partial charge in [0.05, 0.1) is 5.76 Å². The molecule has 0 saturated heterocycles. The largest absolute Gasteiger partial charge is 0.512 e. The van der Waals surface area contributed by atoms with Crippen molar-refractivity contribution < 1.29 is 32.7 Å². The normalized spacial score (nSPS) is 14.8. The van der Waals surface area contributed by atoms with Crippen molar-refractivity contribution in [2.45, 2.75) is 99.8 Å². The average Bonchev–Trinajstić information content (AvgIpc) is 3.00. The van der Waals surface area contributed by atoms with Crippen LogP contribution in [0.1, 0.15) is 107 Å². The van der Waals surface area contributed by atoms with Crippen molar-refractivity contribution in [2.24, 2.45) is 17.3 Å². The number of carbonyl (C=O) groups excluding carboxylic acids is 1. The van der Waals surface area contributed by atoms with Gasteiger partial charge in [0, 0.05) is 53.2 Å². The second kappa shape index (κ2) is 14.5. The van der Waals surface area contributed by atoms with Gasteiger partial charge in [0.15, 0.2) is 5.78 Å². The zero-order valence-electron chi connectivity index (χ0n) is 29.8. The molecule has 4 nitrogen and oxygen atoms in total. The van der Waals surface area contributed by atoms with Crippen molar-refractivity contribution in [3.05, 3.63) is 83.4 Å². The van der Waals surface area contributed by atoms with E-state index in [0.717, 1.165) is 75.3 Å². The van der Waals surface area contributed by atoms with Gasteiger partial charge in [-0.05, 0) is 82.1 Å². The molecule has 0 unspecified atom stereocenters. The molecule has 5 heteroatoms. The summed E-state index contributed by atoms with van der Waals surface area (Å²) in [6.45, 7) is 18.4. The number of ketones is 1. The van der Waals surface area contributed by atoms with Crippen molar-refractivity contribution in [1.82, 2.24) is 9.97 Å². The van der Waals surface area contributed by atoms with E-state index in [2.05, 4.69) is 43.1 Å². The molecule has 237 valence electrons. The number of rotatable bonds is 8. The van der Waals surface area contributed by atoms with Gasteiger partial charge in [0.1, 0.15) is 0 Å². The van der Waals surface area contributed by atoms with Crippen LogP contribution in [0.25, 0.3) is 32.9 Å². The Bertz CT molecular complexity index is 1730. The van der Waals surface area contributed by atoms with Gasteiger partial charge in [0.2, 0.25) is 0 Å². The topological polar surface area (TPSA) is 63.1 Å². The number of hydrogen-bond donors (Lipinski definition) is 1. The molecule has 0 bridgehead atoms. The minimum atomic E-state index is -1.46. The molecule has 2 heterocycles. The van der Waals surface area contributed by atoms with E-state index in [1.54, 1.807) is 6.20 Å². The molecule has 1 radical (unpaired) electrons. The third-order valence-electron chi connectivity index (χ3n) is 8.70. The number of pyridine rings is 2. The number of carbonyl (C=O) groups is 1. The Balaban J connectivity index is 0.000000309. The number of fused-ring (bicyclic) bond motifs is 3. The fraction of sp³-hybridized carbons (Fsp3) is 0.462. The minimum absolute atomic E-state index is 0. The Morgan fingerprint density at radius 1 is 0.955 bits per heavy atom. The Hall–Kier alpha value is -2.88. The predicted octanol–water partition coefficient (Wildman–Crippen LogP) is 10.3. The molecule has 0 spiro atoms. The van der Waals surface area contributed by atoms with E-state index in [1.165, 1.54) is 6.08 Å². The summed E-state index contributed by atoms with van der Waals surface area (Å²) in [4.78, 5) is 21.0. The van der Waals surface area contributed by atoms with Crippen LogP contribution in [0, 0.1) is 23.3 Å². The molecule has 2 aromatic carbocycles. The van der Waals surface area contributed by atoms with Crippen LogP contribution in [0.2, 0.25) is 0 Å². The maximum atomic E-state index is 11.7. The van der Waals surface area contributed by atoms with Crippen molar-refractivity contribution in [2.75, 3.05) is 0 Å². The first kappa shape index (κ1) is 32.5. The molecule has 2 aromatic heterocycles. The second-order valence-electron chi connectivity index (χ2n) is 13.3. The molecule has 1 aliphatic carbocycles. The molecular formula is C39H49IrN2O2-. The standard InChI is InChI=1S/C26H25N2.C13H24O2.Ir/c1-25(2,3)15-16-11-18-8-10-28-24-19-14-22-17(7-6-9-27-22)13-20(19)26(4,5)21(12-16)23(18)24;1-5-10(6-2)12(14)9-13(15)11(7-3)8-4;/h6-13H,15H2,1-5H3;9-11,14H,5-8H2,1-4H3;/q-1;;/b;12-9-;/i15D2;;. The van der Waals surface area contributed by atoms with Crippen LogP contribution in [-0.4, -0.2) is 20.9 Å². The van der Waals surface area contributed by atoms with E-state index in [4.69, 9.17) is 7.73 Å². The number of allylic oxidation sites excluding steroid dienone is 2. The number of hydrogen-bond acceptors (Lipinski definition) is 4. The van der Waals surface area contributed by atoms with Gasteiger partial charge in [-0.25, -0.2) is 0 Å². The Labute approximate surface area is 281 Å². The number of aromatic nitrogens is 2. The fourth-order valence-electron chi connectivity index (χ4n) is 6.16. The molecular weight excluding hydrogens is 721 g/mol. The first-order valence-corrected chi connectivity index (χ1v) is 15.8. The van der Waals surface area contributed by atoms with Crippen molar-refractivity contribution in [3.63, 3.8) is 0 Å². The SMILES string of the molecule is CCC(CC)C(=O)/C=C(\O)C(CC)CC.[2H]C([2H])(c1cc2c3c(nccc3c1)-c1[c-]c3ncccc3cc1C2(C)C)C(C)(C)C.[Ir]. The molecule has 0 fully saturated rings. The number of benzene rings is 2. The Kier molecular flexibility index (Phi) is 10.7. The summed E-state index contributed by atoms with van der Waals surface area (Å²) in [5, 5.41) is 12.9. The molecule has 0 amide bonds. The summed E-state index contributed by atoms with van der Waals surface area (Å²) in [6.07, 6.45) is 7.05. The number of aliphatic hydroxyl groups is 1. The van der Waals surface area contributed by atoms with Gasteiger partial charge in [-0.2, -0.15) is 0 Å². The summed E-state index contributed by atoms with van der Waals surface area (Å²) in [5.41, 5.74) is 4.92. The predicted molar refractivity (Wildman–Crippen MR) is 180 cm³/mol. The van der Waals surface area contributed by atoms with E-state index in [1.807, 2.05) is 72.9 Å². The molecule has 4 aromatic rings.